The Morgan fingerprint density at radius 3 is 2.33 bits per heavy atom. The van der Waals surface area contributed by atoms with E-state index < -0.39 is 0 Å². The van der Waals surface area contributed by atoms with Crippen molar-refractivity contribution in [2.45, 2.75) is 51.0 Å². The average Bonchev–Trinajstić information content (AvgIpc) is 2.93. The molecule has 7 heteroatoms. The van der Waals surface area contributed by atoms with E-state index in [4.69, 9.17) is 4.74 Å². The smallest absolute Gasteiger partial charge is 0.317 e. The molecule has 0 aromatic carbocycles. The van der Waals surface area contributed by atoms with Gasteiger partial charge in [-0.2, -0.15) is 0 Å². The van der Waals surface area contributed by atoms with Crippen LogP contribution in [0.15, 0.2) is 0 Å². The molecule has 2 N–H and O–H groups in total. The third kappa shape index (κ3) is 4.59. The van der Waals surface area contributed by atoms with Crippen molar-refractivity contribution in [3.8, 4) is 0 Å². The van der Waals surface area contributed by atoms with Crippen LogP contribution in [0.2, 0.25) is 0 Å². The Labute approximate surface area is 144 Å². The second-order valence-corrected chi connectivity index (χ2v) is 7.59. The van der Waals surface area contributed by atoms with Gasteiger partial charge in [-0.15, -0.1) is 0 Å². The minimum absolute atomic E-state index is 0.0871. The molecule has 0 aromatic heterocycles. The molecular formula is C17H32N4O3. The van der Waals surface area contributed by atoms with Crippen molar-refractivity contribution < 1.29 is 14.6 Å². The number of hydrogen-bond acceptors (Lipinski definition) is 5. The van der Waals surface area contributed by atoms with E-state index in [0.29, 0.717) is 12.6 Å². The Kier molecular flexibility index (Phi) is 5.97. The number of urea groups is 1. The largest absolute Gasteiger partial charge is 0.390 e. The maximum absolute atomic E-state index is 11.8. The first-order chi connectivity index (χ1) is 11.5. The van der Waals surface area contributed by atoms with Gasteiger partial charge in [0.15, 0.2) is 0 Å². The van der Waals surface area contributed by atoms with Crippen LogP contribution in [0.3, 0.4) is 0 Å². The number of carbonyl (C=O) groups is 1. The van der Waals surface area contributed by atoms with Crippen molar-refractivity contribution in [2.24, 2.45) is 0 Å². The molecule has 3 saturated heterocycles. The van der Waals surface area contributed by atoms with Crippen LogP contribution in [-0.2, 0) is 4.74 Å². The van der Waals surface area contributed by atoms with E-state index in [-0.39, 0.29) is 24.3 Å². The number of likely N-dealkylation sites (tertiary alicyclic amines) is 1. The molecule has 3 rings (SSSR count). The van der Waals surface area contributed by atoms with E-state index in [1.165, 1.54) is 0 Å². The van der Waals surface area contributed by atoms with Gasteiger partial charge in [0, 0.05) is 58.4 Å². The standard InChI is InChI=1S/C17H32N4O3/c1-13-9-20(10-14(2)24-13)12-16(22)11-19-6-3-15(4-7-19)21-8-5-18-17(21)23/h13-16,22H,3-12H2,1-2H3,(H,18,23)/t13-,14-,16+/m1/s1. The molecule has 0 radical (unpaired) electrons. The quantitative estimate of drug-likeness (QED) is 0.734. The molecule has 2 amide bonds. The summed E-state index contributed by atoms with van der Waals surface area (Å²) < 4.78 is 5.75. The summed E-state index contributed by atoms with van der Waals surface area (Å²) in [5.41, 5.74) is 0. The van der Waals surface area contributed by atoms with Crippen LogP contribution in [0.4, 0.5) is 4.79 Å². The zero-order chi connectivity index (χ0) is 17.1. The fourth-order valence-corrected chi connectivity index (χ4v) is 4.34. The van der Waals surface area contributed by atoms with E-state index >= 15 is 0 Å². The van der Waals surface area contributed by atoms with Gasteiger partial charge in [0.1, 0.15) is 0 Å². The Bertz CT molecular complexity index is 418. The molecular weight excluding hydrogens is 308 g/mol. The number of nitrogens with one attached hydrogen (secondary N) is 1. The number of piperidine rings is 1. The first-order valence-electron chi connectivity index (χ1n) is 9.34. The van der Waals surface area contributed by atoms with Gasteiger partial charge in [0.25, 0.3) is 0 Å². The first-order valence-corrected chi connectivity index (χ1v) is 9.34. The molecule has 0 spiro atoms. The number of aliphatic hydroxyl groups is 1. The van der Waals surface area contributed by atoms with Crippen LogP contribution in [-0.4, -0.2) is 103 Å². The Morgan fingerprint density at radius 1 is 1.12 bits per heavy atom. The van der Waals surface area contributed by atoms with Crippen molar-refractivity contribution in [2.75, 3.05) is 52.4 Å². The molecule has 138 valence electrons. The summed E-state index contributed by atoms with van der Waals surface area (Å²) in [6.45, 7) is 10.9. The van der Waals surface area contributed by atoms with E-state index in [2.05, 4.69) is 29.0 Å². The number of aliphatic hydroxyl groups excluding tert-OH is 1. The van der Waals surface area contributed by atoms with Crippen molar-refractivity contribution in [3.63, 3.8) is 0 Å². The number of morpholine rings is 1. The van der Waals surface area contributed by atoms with Crippen molar-refractivity contribution in [1.82, 2.24) is 20.0 Å². The van der Waals surface area contributed by atoms with Gasteiger partial charge < -0.3 is 25.0 Å². The van der Waals surface area contributed by atoms with Gasteiger partial charge in [0.2, 0.25) is 0 Å². The van der Waals surface area contributed by atoms with E-state index in [9.17, 15) is 9.90 Å². The molecule has 0 unspecified atom stereocenters. The molecule has 0 saturated carbocycles. The number of hydrogen-bond donors (Lipinski definition) is 2. The van der Waals surface area contributed by atoms with Crippen LogP contribution in [0.1, 0.15) is 26.7 Å². The summed E-state index contributed by atoms with van der Waals surface area (Å²) >= 11 is 0. The average molecular weight is 340 g/mol. The summed E-state index contributed by atoms with van der Waals surface area (Å²) in [5, 5.41) is 13.3. The van der Waals surface area contributed by atoms with Crippen LogP contribution in [0, 0.1) is 0 Å². The second kappa shape index (κ2) is 7.99. The van der Waals surface area contributed by atoms with Crippen LogP contribution >= 0.6 is 0 Å². The lowest BCUT2D eigenvalue weighted by molar-refractivity contribution is -0.0784. The lowest BCUT2D eigenvalue weighted by atomic mass is 10.0. The number of carbonyl (C=O) groups excluding carboxylic acids is 1. The van der Waals surface area contributed by atoms with Crippen molar-refractivity contribution >= 4 is 6.03 Å². The normalized spacial score (nSPS) is 32.1. The highest BCUT2D eigenvalue weighted by molar-refractivity contribution is 5.76. The van der Waals surface area contributed by atoms with Crippen molar-refractivity contribution in [1.29, 1.82) is 0 Å². The number of nitrogens with zero attached hydrogens (tertiary/aromatic N) is 3. The summed E-state index contributed by atoms with van der Waals surface area (Å²) in [6, 6.07) is 0.450. The van der Waals surface area contributed by atoms with E-state index in [1.807, 2.05) is 4.90 Å². The topological polar surface area (TPSA) is 68.3 Å². The molecule has 0 bridgehead atoms. The van der Waals surface area contributed by atoms with Gasteiger partial charge in [-0.05, 0) is 26.7 Å². The third-order valence-electron chi connectivity index (χ3n) is 5.32. The van der Waals surface area contributed by atoms with Crippen LogP contribution < -0.4 is 5.32 Å². The highest BCUT2D eigenvalue weighted by Gasteiger charge is 2.31. The zero-order valence-electron chi connectivity index (χ0n) is 15.0. The minimum atomic E-state index is -0.325. The SMILES string of the molecule is C[C@@H]1CN(C[C@@H](O)CN2CCC(N3CCNC3=O)CC2)C[C@@H](C)O1. The maximum atomic E-state index is 11.8. The van der Waals surface area contributed by atoms with E-state index in [1.54, 1.807) is 0 Å². The molecule has 3 heterocycles. The molecule has 0 aromatic rings. The molecule has 3 aliphatic heterocycles. The minimum Gasteiger partial charge on any atom is -0.390 e. The fraction of sp³-hybridized carbons (Fsp3) is 0.941. The third-order valence-corrected chi connectivity index (χ3v) is 5.32. The predicted octanol–water partition coefficient (Wildman–Crippen LogP) is -0.0539. The summed E-state index contributed by atoms with van der Waals surface area (Å²) in [5.74, 6) is 0. The van der Waals surface area contributed by atoms with E-state index in [0.717, 1.165) is 58.7 Å². The molecule has 3 aliphatic rings. The summed E-state index contributed by atoms with van der Waals surface area (Å²) in [4.78, 5) is 18.4. The molecule has 0 aliphatic carbocycles. The lowest BCUT2D eigenvalue weighted by Crippen LogP contribution is -2.51. The Balaban J connectivity index is 1.38. The highest BCUT2D eigenvalue weighted by atomic mass is 16.5. The number of rotatable bonds is 5. The highest BCUT2D eigenvalue weighted by Crippen LogP contribution is 2.19. The maximum Gasteiger partial charge on any atom is 0.317 e. The predicted molar refractivity (Wildman–Crippen MR) is 92.0 cm³/mol. The molecule has 3 fully saturated rings. The van der Waals surface area contributed by atoms with Crippen LogP contribution in [0.25, 0.3) is 0 Å². The first kappa shape index (κ1) is 17.9. The van der Waals surface area contributed by atoms with Crippen molar-refractivity contribution in [3.05, 3.63) is 0 Å². The van der Waals surface area contributed by atoms with Gasteiger partial charge in [-0.1, -0.05) is 0 Å². The number of ether oxygens (including phenoxy) is 1. The van der Waals surface area contributed by atoms with Gasteiger partial charge in [-0.25, -0.2) is 4.79 Å². The lowest BCUT2D eigenvalue weighted by Gasteiger charge is -2.39. The monoisotopic (exact) mass is 340 g/mol. The molecule has 7 nitrogen and oxygen atoms in total. The van der Waals surface area contributed by atoms with Gasteiger partial charge in [0.05, 0.1) is 18.3 Å². The number of β-amino-alcohol motifs (C(OH)–C–C–N with tert-alkyl or cyclic N) is 1. The molecule has 24 heavy (non-hydrogen) atoms. The number of amides is 2. The molecule has 3 atom stereocenters. The summed E-state index contributed by atoms with van der Waals surface area (Å²) in [7, 11) is 0. The van der Waals surface area contributed by atoms with Gasteiger partial charge >= 0.3 is 6.03 Å². The Morgan fingerprint density at radius 2 is 1.75 bits per heavy atom. The zero-order valence-corrected chi connectivity index (χ0v) is 15.0. The second-order valence-electron chi connectivity index (χ2n) is 7.59. The Hall–Kier alpha value is -0.890. The fourth-order valence-electron chi connectivity index (χ4n) is 4.34. The summed E-state index contributed by atoms with van der Waals surface area (Å²) in [6.07, 6.45) is 2.16. The van der Waals surface area contributed by atoms with Crippen LogP contribution in [0.5, 0.6) is 0 Å². The van der Waals surface area contributed by atoms with Gasteiger partial charge in [-0.3, -0.25) is 4.90 Å².